The fourth-order valence-corrected chi connectivity index (χ4v) is 2.56. The lowest BCUT2D eigenvalue weighted by Gasteiger charge is -2.21. The number of halogens is 4. The molecule has 0 radical (unpaired) electrons. The van der Waals surface area contributed by atoms with E-state index in [0.717, 1.165) is 6.07 Å². The van der Waals surface area contributed by atoms with Gasteiger partial charge in [-0.2, -0.15) is 13.2 Å². The number of hydrogen-bond donors (Lipinski definition) is 1. The van der Waals surface area contributed by atoms with Crippen molar-refractivity contribution in [3.05, 3.63) is 59.1 Å². The van der Waals surface area contributed by atoms with Crippen LogP contribution in [0.4, 0.5) is 24.5 Å². The summed E-state index contributed by atoms with van der Waals surface area (Å²) in [5, 5.41) is 2.68. The third kappa shape index (κ3) is 5.23. The molecule has 2 amide bonds. The molecule has 0 spiro atoms. The zero-order valence-electron chi connectivity index (χ0n) is 13.8. The number of amides is 2. The first-order chi connectivity index (χ1) is 12.2. The van der Waals surface area contributed by atoms with Gasteiger partial charge in [0.05, 0.1) is 11.3 Å². The van der Waals surface area contributed by atoms with Crippen LogP contribution in [0.2, 0.25) is 5.02 Å². The highest BCUT2D eigenvalue weighted by Gasteiger charge is 2.33. The summed E-state index contributed by atoms with van der Waals surface area (Å²) in [4.78, 5) is 25.2. The van der Waals surface area contributed by atoms with Crippen molar-refractivity contribution >= 4 is 34.8 Å². The summed E-state index contributed by atoms with van der Waals surface area (Å²) < 4.78 is 38.9. The summed E-state index contributed by atoms with van der Waals surface area (Å²) in [5.74, 6) is -0.939. The standard InChI is InChI=1S/C18H16ClF3N2O2/c1-12(25)24(14-6-4-5-13(19)11-14)10-9-17(26)23-16-8-3-2-7-15(16)18(20,21)22/h2-8,11H,9-10H2,1H3,(H,23,26). The molecule has 0 aliphatic carbocycles. The van der Waals surface area contributed by atoms with Crippen molar-refractivity contribution in [2.45, 2.75) is 19.5 Å². The van der Waals surface area contributed by atoms with E-state index in [1.807, 2.05) is 0 Å². The van der Waals surface area contributed by atoms with E-state index in [-0.39, 0.29) is 24.6 Å². The average Bonchev–Trinajstić information content (AvgIpc) is 2.54. The Kier molecular flexibility index (Phi) is 6.26. The molecule has 2 aromatic rings. The van der Waals surface area contributed by atoms with Crippen LogP contribution in [-0.2, 0) is 15.8 Å². The molecule has 1 N–H and O–H groups in total. The smallest absolute Gasteiger partial charge is 0.325 e. The van der Waals surface area contributed by atoms with Crippen LogP contribution in [0.1, 0.15) is 18.9 Å². The van der Waals surface area contributed by atoms with Gasteiger partial charge in [0.15, 0.2) is 0 Å². The topological polar surface area (TPSA) is 49.4 Å². The Balaban J connectivity index is 2.07. The van der Waals surface area contributed by atoms with Gasteiger partial charge in [-0.15, -0.1) is 0 Å². The largest absolute Gasteiger partial charge is 0.418 e. The van der Waals surface area contributed by atoms with Crippen LogP contribution in [0.25, 0.3) is 0 Å². The van der Waals surface area contributed by atoms with Crippen molar-refractivity contribution in [2.75, 3.05) is 16.8 Å². The second kappa shape index (κ2) is 8.23. The number of benzene rings is 2. The molecule has 2 aromatic carbocycles. The minimum atomic E-state index is -4.57. The molecule has 0 saturated carbocycles. The van der Waals surface area contributed by atoms with Crippen LogP contribution >= 0.6 is 11.6 Å². The van der Waals surface area contributed by atoms with Gasteiger partial charge in [-0.05, 0) is 30.3 Å². The van der Waals surface area contributed by atoms with Crippen molar-refractivity contribution in [2.24, 2.45) is 0 Å². The van der Waals surface area contributed by atoms with E-state index in [9.17, 15) is 22.8 Å². The molecule has 2 rings (SSSR count). The van der Waals surface area contributed by atoms with Gasteiger partial charge in [0, 0.05) is 30.6 Å². The van der Waals surface area contributed by atoms with Crippen molar-refractivity contribution in [1.82, 2.24) is 0 Å². The number of nitrogens with one attached hydrogen (secondary N) is 1. The lowest BCUT2D eigenvalue weighted by molar-refractivity contribution is -0.137. The first-order valence-electron chi connectivity index (χ1n) is 7.68. The van der Waals surface area contributed by atoms with Crippen LogP contribution in [-0.4, -0.2) is 18.4 Å². The third-order valence-electron chi connectivity index (χ3n) is 3.57. The first kappa shape index (κ1) is 19.8. The van der Waals surface area contributed by atoms with E-state index in [1.54, 1.807) is 24.3 Å². The highest BCUT2D eigenvalue weighted by Crippen LogP contribution is 2.34. The first-order valence-corrected chi connectivity index (χ1v) is 8.06. The Hall–Kier alpha value is -2.54. The molecule has 0 heterocycles. The summed E-state index contributed by atoms with van der Waals surface area (Å²) in [5.41, 5.74) is -0.734. The van der Waals surface area contributed by atoms with Gasteiger partial charge in [0.2, 0.25) is 11.8 Å². The Morgan fingerprint density at radius 1 is 1.12 bits per heavy atom. The van der Waals surface area contributed by atoms with E-state index in [4.69, 9.17) is 11.6 Å². The normalized spacial score (nSPS) is 11.1. The monoisotopic (exact) mass is 384 g/mol. The van der Waals surface area contributed by atoms with E-state index >= 15 is 0 Å². The summed E-state index contributed by atoms with van der Waals surface area (Å²) in [6.45, 7) is 1.34. The van der Waals surface area contributed by atoms with E-state index < -0.39 is 17.6 Å². The molecule has 138 valence electrons. The molecule has 8 heteroatoms. The second-order valence-electron chi connectivity index (χ2n) is 5.49. The highest BCUT2D eigenvalue weighted by molar-refractivity contribution is 6.30. The van der Waals surface area contributed by atoms with E-state index in [0.29, 0.717) is 10.7 Å². The average molecular weight is 385 g/mol. The predicted octanol–water partition coefficient (Wildman–Crippen LogP) is 4.74. The van der Waals surface area contributed by atoms with Crippen LogP contribution in [0.15, 0.2) is 48.5 Å². The number of nitrogens with zero attached hydrogens (tertiary/aromatic N) is 1. The fraction of sp³-hybridized carbons (Fsp3) is 0.222. The predicted molar refractivity (Wildman–Crippen MR) is 94.2 cm³/mol. The number of alkyl halides is 3. The summed E-state index contributed by atoms with van der Waals surface area (Å²) in [6.07, 6.45) is -4.74. The molecule has 0 unspecified atom stereocenters. The number of hydrogen-bond acceptors (Lipinski definition) is 2. The van der Waals surface area contributed by atoms with E-state index in [1.165, 1.54) is 30.0 Å². The number of carbonyl (C=O) groups is 2. The molecule has 0 bridgehead atoms. The van der Waals surface area contributed by atoms with Crippen LogP contribution in [0, 0.1) is 0 Å². The molecule has 26 heavy (non-hydrogen) atoms. The maximum atomic E-state index is 13.0. The summed E-state index contributed by atoms with van der Waals surface area (Å²) >= 11 is 5.90. The lowest BCUT2D eigenvalue weighted by Crippen LogP contribution is -2.32. The van der Waals surface area contributed by atoms with Gasteiger partial charge < -0.3 is 10.2 Å². The highest BCUT2D eigenvalue weighted by atomic mass is 35.5. The Bertz CT molecular complexity index is 809. The Labute approximate surface area is 153 Å². The SMILES string of the molecule is CC(=O)N(CCC(=O)Nc1ccccc1C(F)(F)F)c1cccc(Cl)c1. The number of carbonyl (C=O) groups excluding carboxylic acids is 2. The van der Waals surface area contributed by atoms with Gasteiger partial charge in [-0.25, -0.2) is 0 Å². The molecule has 0 fully saturated rings. The zero-order valence-corrected chi connectivity index (χ0v) is 14.6. The Morgan fingerprint density at radius 2 is 1.81 bits per heavy atom. The van der Waals surface area contributed by atoms with Crippen molar-refractivity contribution in [3.63, 3.8) is 0 Å². The van der Waals surface area contributed by atoms with Crippen molar-refractivity contribution in [1.29, 1.82) is 0 Å². The fourth-order valence-electron chi connectivity index (χ4n) is 2.38. The zero-order chi connectivity index (χ0) is 19.3. The molecule has 0 aliphatic rings. The van der Waals surface area contributed by atoms with E-state index in [2.05, 4.69) is 5.32 Å². The van der Waals surface area contributed by atoms with Gasteiger partial charge in [0.1, 0.15) is 0 Å². The minimum absolute atomic E-state index is 0.00962. The lowest BCUT2D eigenvalue weighted by atomic mass is 10.1. The molecular weight excluding hydrogens is 369 g/mol. The third-order valence-corrected chi connectivity index (χ3v) is 3.80. The minimum Gasteiger partial charge on any atom is -0.325 e. The molecule has 0 aliphatic heterocycles. The Morgan fingerprint density at radius 3 is 2.42 bits per heavy atom. The number of anilines is 2. The maximum Gasteiger partial charge on any atom is 0.418 e. The van der Waals surface area contributed by atoms with Gasteiger partial charge >= 0.3 is 6.18 Å². The van der Waals surface area contributed by atoms with Crippen LogP contribution < -0.4 is 10.2 Å². The van der Waals surface area contributed by atoms with Crippen molar-refractivity contribution < 1.29 is 22.8 Å². The maximum absolute atomic E-state index is 13.0. The molecule has 0 atom stereocenters. The van der Waals surface area contributed by atoms with Gasteiger partial charge in [-0.1, -0.05) is 29.8 Å². The number of para-hydroxylation sites is 1. The molecular formula is C18H16ClF3N2O2. The molecule has 0 aromatic heterocycles. The summed E-state index contributed by atoms with van der Waals surface area (Å²) in [6, 6.07) is 11.2. The van der Waals surface area contributed by atoms with Gasteiger partial charge in [-0.3, -0.25) is 9.59 Å². The quantitative estimate of drug-likeness (QED) is 0.809. The van der Waals surface area contributed by atoms with Crippen LogP contribution in [0.3, 0.4) is 0 Å². The second-order valence-corrected chi connectivity index (χ2v) is 5.93. The van der Waals surface area contributed by atoms with Crippen LogP contribution in [0.5, 0.6) is 0 Å². The molecule has 4 nitrogen and oxygen atoms in total. The van der Waals surface area contributed by atoms with Gasteiger partial charge in [0.25, 0.3) is 0 Å². The molecule has 0 saturated heterocycles. The summed E-state index contributed by atoms with van der Waals surface area (Å²) in [7, 11) is 0. The number of rotatable bonds is 5. The van der Waals surface area contributed by atoms with Crippen molar-refractivity contribution in [3.8, 4) is 0 Å².